The molecule has 0 aromatic rings. The van der Waals surface area contributed by atoms with Gasteiger partial charge in [0.15, 0.2) is 0 Å². The SMILES string of the molecule is C=C(Cl)CNC1CCCCCCC1. The molecule has 0 radical (unpaired) electrons. The van der Waals surface area contributed by atoms with Crippen molar-refractivity contribution in [2.75, 3.05) is 6.54 Å². The van der Waals surface area contributed by atoms with Crippen LogP contribution in [0.25, 0.3) is 0 Å². The number of hydrogen-bond donors (Lipinski definition) is 1. The molecule has 0 aliphatic heterocycles. The van der Waals surface area contributed by atoms with Crippen molar-refractivity contribution < 1.29 is 0 Å². The molecule has 0 atom stereocenters. The van der Waals surface area contributed by atoms with E-state index in [-0.39, 0.29) is 0 Å². The highest BCUT2D eigenvalue weighted by molar-refractivity contribution is 6.29. The minimum Gasteiger partial charge on any atom is -0.309 e. The molecular formula is C11H20ClN. The Kier molecular flexibility index (Phi) is 5.49. The maximum absolute atomic E-state index is 5.71. The molecule has 1 N–H and O–H groups in total. The van der Waals surface area contributed by atoms with Gasteiger partial charge >= 0.3 is 0 Å². The maximum Gasteiger partial charge on any atom is 0.0310 e. The van der Waals surface area contributed by atoms with Gasteiger partial charge in [-0.3, -0.25) is 0 Å². The smallest absolute Gasteiger partial charge is 0.0310 e. The summed E-state index contributed by atoms with van der Waals surface area (Å²) in [5, 5.41) is 4.18. The molecule has 0 aromatic heterocycles. The molecule has 76 valence electrons. The van der Waals surface area contributed by atoms with E-state index >= 15 is 0 Å². The van der Waals surface area contributed by atoms with Crippen molar-refractivity contribution in [2.45, 2.75) is 51.0 Å². The number of halogens is 1. The van der Waals surface area contributed by atoms with Gasteiger partial charge in [0.25, 0.3) is 0 Å². The molecule has 1 aliphatic carbocycles. The highest BCUT2D eigenvalue weighted by atomic mass is 35.5. The normalized spacial score (nSPS) is 20.7. The quantitative estimate of drug-likeness (QED) is 0.738. The van der Waals surface area contributed by atoms with Crippen molar-refractivity contribution in [3.63, 3.8) is 0 Å². The molecule has 1 rings (SSSR count). The minimum absolute atomic E-state index is 0.677. The first-order valence-corrected chi connectivity index (χ1v) is 5.73. The molecule has 1 nitrogen and oxygen atoms in total. The van der Waals surface area contributed by atoms with E-state index in [2.05, 4.69) is 11.9 Å². The van der Waals surface area contributed by atoms with Gasteiger partial charge in [-0.15, -0.1) is 0 Å². The lowest BCUT2D eigenvalue weighted by Gasteiger charge is -2.20. The molecule has 0 spiro atoms. The van der Waals surface area contributed by atoms with Crippen LogP contribution in [0, 0.1) is 0 Å². The van der Waals surface area contributed by atoms with Crippen LogP contribution in [0.3, 0.4) is 0 Å². The molecule has 1 fully saturated rings. The van der Waals surface area contributed by atoms with Gasteiger partial charge in [0.2, 0.25) is 0 Å². The van der Waals surface area contributed by atoms with Crippen LogP contribution >= 0.6 is 11.6 Å². The highest BCUT2D eigenvalue weighted by Crippen LogP contribution is 2.17. The summed E-state index contributed by atoms with van der Waals surface area (Å²) in [6.07, 6.45) is 9.59. The van der Waals surface area contributed by atoms with Gasteiger partial charge in [0, 0.05) is 17.6 Å². The third-order valence-electron chi connectivity index (χ3n) is 2.69. The average molecular weight is 202 g/mol. The highest BCUT2D eigenvalue weighted by Gasteiger charge is 2.09. The third kappa shape index (κ3) is 5.33. The lowest BCUT2D eigenvalue weighted by Crippen LogP contribution is -2.30. The summed E-state index contributed by atoms with van der Waals surface area (Å²) in [7, 11) is 0. The molecule has 0 aromatic carbocycles. The fourth-order valence-electron chi connectivity index (χ4n) is 1.92. The summed E-state index contributed by atoms with van der Waals surface area (Å²) in [5.41, 5.74) is 0. The molecule has 0 saturated heterocycles. The van der Waals surface area contributed by atoms with Gasteiger partial charge < -0.3 is 5.32 Å². The first kappa shape index (κ1) is 11.1. The van der Waals surface area contributed by atoms with Crippen LogP contribution in [-0.4, -0.2) is 12.6 Å². The van der Waals surface area contributed by atoms with Gasteiger partial charge in [-0.25, -0.2) is 0 Å². The Morgan fingerprint density at radius 3 is 2.23 bits per heavy atom. The van der Waals surface area contributed by atoms with Crippen molar-refractivity contribution >= 4 is 11.6 Å². The van der Waals surface area contributed by atoms with Gasteiger partial charge in [-0.05, 0) is 12.8 Å². The van der Waals surface area contributed by atoms with Gasteiger partial charge in [-0.2, -0.15) is 0 Å². The van der Waals surface area contributed by atoms with Crippen LogP contribution < -0.4 is 5.32 Å². The zero-order chi connectivity index (χ0) is 9.52. The molecule has 13 heavy (non-hydrogen) atoms. The van der Waals surface area contributed by atoms with E-state index in [9.17, 15) is 0 Å². The van der Waals surface area contributed by atoms with Crippen LogP contribution in [0.4, 0.5) is 0 Å². The van der Waals surface area contributed by atoms with E-state index in [0.29, 0.717) is 6.04 Å². The zero-order valence-electron chi connectivity index (χ0n) is 8.32. The Labute approximate surface area is 86.5 Å². The standard InChI is InChI=1S/C11H20ClN/c1-10(12)9-13-11-7-5-3-2-4-6-8-11/h11,13H,1-9H2. The summed E-state index contributed by atoms with van der Waals surface area (Å²) in [4.78, 5) is 0. The predicted octanol–water partition coefficient (Wildman–Crippen LogP) is 3.44. The summed E-state index contributed by atoms with van der Waals surface area (Å²) in [6.45, 7) is 4.45. The lowest BCUT2D eigenvalue weighted by molar-refractivity contribution is 0.401. The first-order chi connectivity index (χ1) is 6.29. The Balaban J connectivity index is 2.17. The molecular weight excluding hydrogens is 182 g/mol. The number of nitrogens with one attached hydrogen (secondary N) is 1. The van der Waals surface area contributed by atoms with Crippen molar-refractivity contribution in [1.82, 2.24) is 5.32 Å². The summed E-state index contributed by atoms with van der Waals surface area (Å²) in [5.74, 6) is 0. The third-order valence-corrected chi connectivity index (χ3v) is 2.82. The van der Waals surface area contributed by atoms with Gasteiger partial charge in [-0.1, -0.05) is 50.3 Å². The van der Waals surface area contributed by atoms with Crippen LogP contribution in [0.1, 0.15) is 44.9 Å². The fraction of sp³-hybridized carbons (Fsp3) is 0.818. The minimum atomic E-state index is 0.677. The monoisotopic (exact) mass is 201 g/mol. The van der Waals surface area contributed by atoms with Gasteiger partial charge in [0.1, 0.15) is 0 Å². The summed E-state index contributed by atoms with van der Waals surface area (Å²) < 4.78 is 0. The van der Waals surface area contributed by atoms with E-state index in [0.717, 1.165) is 11.6 Å². The van der Waals surface area contributed by atoms with Crippen LogP contribution in [0.2, 0.25) is 0 Å². The van der Waals surface area contributed by atoms with Crippen LogP contribution in [0.15, 0.2) is 11.6 Å². The largest absolute Gasteiger partial charge is 0.309 e. The molecule has 1 saturated carbocycles. The van der Waals surface area contributed by atoms with E-state index in [1.165, 1.54) is 44.9 Å². The Morgan fingerprint density at radius 1 is 1.15 bits per heavy atom. The summed E-state index contributed by atoms with van der Waals surface area (Å²) in [6, 6.07) is 0.677. The van der Waals surface area contributed by atoms with E-state index < -0.39 is 0 Å². The Bertz CT molecular complexity index is 148. The zero-order valence-corrected chi connectivity index (χ0v) is 9.08. The van der Waals surface area contributed by atoms with Crippen molar-refractivity contribution in [3.05, 3.63) is 11.6 Å². The van der Waals surface area contributed by atoms with Crippen molar-refractivity contribution in [3.8, 4) is 0 Å². The maximum atomic E-state index is 5.71. The molecule has 0 heterocycles. The van der Waals surface area contributed by atoms with Crippen molar-refractivity contribution in [1.29, 1.82) is 0 Å². The van der Waals surface area contributed by atoms with Crippen LogP contribution in [0.5, 0.6) is 0 Å². The fourth-order valence-corrected chi connectivity index (χ4v) is 1.99. The van der Waals surface area contributed by atoms with E-state index in [1.54, 1.807) is 0 Å². The number of hydrogen-bond acceptors (Lipinski definition) is 1. The Hall–Kier alpha value is -0.0100. The van der Waals surface area contributed by atoms with E-state index in [1.807, 2.05) is 0 Å². The van der Waals surface area contributed by atoms with E-state index in [4.69, 9.17) is 11.6 Å². The molecule has 2 heteroatoms. The summed E-state index contributed by atoms with van der Waals surface area (Å²) >= 11 is 5.71. The Morgan fingerprint density at radius 2 is 1.69 bits per heavy atom. The predicted molar refractivity (Wildman–Crippen MR) is 59.1 cm³/mol. The van der Waals surface area contributed by atoms with Gasteiger partial charge in [0.05, 0.1) is 0 Å². The topological polar surface area (TPSA) is 12.0 Å². The van der Waals surface area contributed by atoms with Crippen LogP contribution in [-0.2, 0) is 0 Å². The molecule has 1 aliphatic rings. The first-order valence-electron chi connectivity index (χ1n) is 5.35. The number of rotatable bonds is 3. The molecule has 0 bridgehead atoms. The van der Waals surface area contributed by atoms with Crippen molar-refractivity contribution in [2.24, 2.45) is 0 Å². The average Bonchev–Trinajstić information content (AvgIpc) is 2.01. The lowest BCUT2D eigenvalue weighted by atomic mass is 9.97. The second-order valence-electron chi connectivity index (χ2n) is 3.94. The molecule has 0 amide bonds. The second kappa shape index (κ2) is 6.44. The molecule has 0 unspecified atom stereocenters. The second-order valence-corrected chi connectivity index (χ2v) is 4.47.